The van der Waals surface area contributed by atoms with E-state index >= 15 is 0 Å². The second-order valence-corrected chi connectivity index (χ2v) is 14.3. The Balaban J connectivity index is 1.04. The van der Waals surface area contributed by atoms with E-state index in [4.69, 9.17) is 15.7 Å². The highest BCUT2D eigenvalue weighted by Crippen LogP contribution is 2.60. The van der Waals surface area contributed by atoms with Gasteiger partial charge in [0.05, 0.1) is 29.5 Å². The van der Waals surface area contributed by atoms with Crippen molar-refractivity contribution >= 4 is 34.9 Å². The number of nitrogens with zero attached hydrogens (tertiary/aromatic N) is 6. The van der Waals surface area contributed by atoms with E-state index in [0.717, 1.165) is 75.3 Å². The number of piperazine rings is 1. The van der Waals surface area contributed by atoms with Gasteiger partial charge in [-0.05, 0) is 82.8 Å². The zero-order valence-electron chi connectivity index (χ0n) is 25.1. The number of hydrogen-bond donors (Lipinski definition) is 2. The molecule has 6 aliphatic rings. The molecular formula is C32H44N8O2. The molecule has 0 radical (unpaired) electrons. The van der Waals surface area contributed by atoms with Crippen LogP contribution in [0.4, 0.5) is 27.8 Å². The molecule has 1 saturated heterocycles. The highest BCUT2D eigenvalue weighted by atomic mass is 16.2. The number of urea groups is 1. The summed E-state index contributed by atoms with van der Waals surface area (Å²) in [5, 5.41) is 3.42. The van der Waals surface area contributed by atoms with E-state index in [1.54, 1.807) is 0 Å². The van der Waals surface area contributed by atoms with E-state index in [2.05, 4.69) is 40.8 Å². The molecule has 10 heteroatoms. The van der Waals surface area contributed by atoms with E-state index in [1.165, 1.54) is 0 Å². The lowest BCUT2D eigenvalue weighted by molar-refractivity contribution is -0.145. The molecule has 3 N–H and O–H groups in total. The van der Waals surface area contributed by atoms with E-state index < -0.39 is 0 Å². The first-order valence-corrected chi connectivity index (χ1v) is 15.7. The molecule has 1 aromatic carbocycles. The summed E-state index contributed by atoms with van der Waals surface area (Å²) in [4.78, 5) is 44.6. The zero-order chi connectivity index (χ0) is 29.2. The highest BCUT2D eigenvalue weighted by molar-refractivity contribution is 5.97. The standard InChI is InChI=1S/C32H44N8O2/c1-31(2,3)38-10-8-37(9-11-38)24-19-34-29(35-20-24)39-12-13-40(26-7-5-4-6-25(26)39)30(42)36-27-22-14-21-15-23(27)18-32(16-21,17-22)28(33)41/h4-7,19-23,27H,8-18H2,1-3H3,(H2,33,41)(H,36,42)/t21?,22-,23+,27?,32?. The highest BCUT2D eigenvalue weighted by Gasteiger charge is 2.58. The number of rotatable bonds is 4. The van der Waals surface area contributed by atoms with Crippen LogP contribution in [-0.2, 0) is 4.79 Å². The molecule has 0 spiro atoms. The lowest BCUT2D eigenvalue weighted by Crippen LogP contribution is -2.63. The number of amides is 3. The number of carbonyl (C=O) groups excluding carboxylic acids is 2. The summed E-state index contributed by atoms with van der Waals surface area (Å²) in [6.07, 6.45) is 8.58. The van der Waals surface area contributed by atoms with Gasteiger partial charge in [0.2, 0.25) is 11.9 Å². The van der Waals surface area contributed by atoms with Gasteiger partial charge in [0.15, 0.2) is 0 Å². The number of aromatic nitrogens is 2. The number of carbonyl (C=O) groups is 2. The normalized spacial score (nSPS) is 30.8. The smallest absolute Gasteiger partial charge is 0.322 e. The maximum Gasteiger partial charge on any atom is 0.322 e. The third kappa shape index (κ3) is 4.68. The van der Waals surface area contributed by atoms with Crippen LogP contribution in [-0.4, -0.2) is 77.7 Å². The van der Waals surface area contributed by atoms with Crippen molar-refractivity contribution in [3.63, 3.8) is 0 Å². The van der Waals surface area contributed by atoms with Gasteiger partial charge in [0.25, 0.3) is 0 Å². The molecule has 4 bridgehead atoms. The Hall–Kier alpha value is -3.40. The van der Waals surface area contributed by atoms with Crippen LogP contribution >= 0.6 is 0 Å². The molecular weight excluding hydrogens is 528 g/mol. The molecule has 3 heterocycles. The predicted octanol–water partition coefficient (Wildman–Crippen LogP) is 3.75. The molecule has 8 rings (SSSR count). The quantitative estimate of drug-likeness (QED) is 0.574. The fraction of sp³-hybridized carbons (Fsp3) is 0.625. The van der Waals surface area contributed by atoms with E-state index in [9.17, 15) is 9.59 Å². The molecule has 3 amide bonds. The first kappa shape index (κ1) is 27.4. The van der Waals surface area contributed by atoms with Crippen LogP contribution in [0, 0.1) is 23.2 Å². The maximum absolute atomic E-state index is 13.8. The number of benzene rings is 1. The number of fused-ring (bicyclic) bond motifs is 1. The van der Waals surface area contributed by atoms with Crippen molar-refractivity contribution in [3.05, 3.63) is 36.7 Å². The monoisotopic (exact) mass is 572 g/mol. The van der Waals surface area contributed by atoms with Gasteiger partial charge < -0.3 is 20.9 Å². The summed E-state index contributed by atoms with van der Waals surface area (Å²) in [7, 11) is 0. The molecule has 2 aliphatic heterocycles. The molecule has 10 nitrogen and oxygen atoms in total. The number of nitrogens with one attached hydrogen (secondary N) is 1. The van der Waals surface area contributed by atoms with Gasteiger partial charge in [0.1, 0.15) is 0 Å². The second-order valence-electron chi connectivity index (χ2n) is 14.3. The second kappa shape index (κ2) is 10.1. The van der Waals surface area contributed by atoms with Crippen LogP contribution in [0.3, 0.4) is 0 Å². The van der Waals surface area contributed by atoms with Gasteiger partial charge in [-0.15, -0.1) is 0 Å². The van der Waals surface area contributed by atoms with Gasteiger partial charge in [0, 0.05) is 56.3 Å². The molecule has 42 heavy (non-hydrogen) atoms. The number of primary amides is 1. The minimum atomic E-state index is -0.355. The Kier molecular flexibility index (Phi) is 6.60. The van der Waals surface area contributed by atoms with Crippen molar-refractivity contribution in [1.82, 2.24) is 20.2 Å². The van der Waals surface area contributed by atoms with Crippen LogP contribution in [0.2, 0.25) is 0 Å². The number of para-hydroxylation sites is 2. The third-order valence-electron chi connectivity index (χ3n) is 10.8. The van der Waals surface area contributed by atoms with Gasteiger partial charge in [-0.3, -0.25) is 14.6 Å². The average molecular weight is 573 g/mol. The van der Waals surface area contributed by atoms with Crippen LogP contribution in [0.1, 0.15) is 52.9 Å². The minimum absolute atomic E-state index is 0.0571. The molecule has 4 saturated carbocycles. The van der Waals surface area contributed by atoms with Crippen LogP contribution in [0.25, 0.3) is 0 Å². The molecule has 1 aromatic heterocycles. The first-order chi connectivity index (χ1) is 20.1. The SMILES string of the molecule is CC(C)(C)N1CCN(c2cnc(N3CCN(C(=O)NC4[C@@H]5CC6C[C@H]4CC(C(N)=O)(C6)C5)c4ccccc43)nc2)CC1. The third-order valence-corrected chi connectivity index (χ3v) is 10.8. The topological polar surface area (TPSA) is 111 Å². The van der Waals surface area contributed by atoms with Crippen molar-refractivity contribution in [2.45, 2.75) is 64.5 Å². The summed E-state index contributed by atoms with van der Waals surface area (Å²) >= 11 is 0. The van der Waals surface area contributed by atoms with Crippen molar-refractivity contribution in [2.75, 3.05) is 54.0 Å². The first-order valence-electron chi connectivity index (χ1n) is 15.7. The van der Waals surface area contributed by atoms with Gasteiger partial charge in [-0.25, -0.2) is 14.8 Å². The Morgan fingerprint density at radius 2 is 1.55 bits per heavy atom. The zero-order valence-corrected chi connectivity index (χ0v) is 25.1. The maximum atomic E-state index is 13.8. The molecule has 5 fully saturated rings. The molecule has 5 atom stereocenters. The van der Waals surface area contributed by atoms with Gasteiger partial charge >= 0.3 is 6.03 Å². The van der Waals surface area contributed by atoms with Crippen LogP contribution < -0.4 is 25.8 Å². The molecule has 4 aliphatic carbocycles. The Bertz CT molecular complexity index is 1330. The largest absolute Gasteiger partial charge is 0.369 e. The van der Waals surface area contributed by atoms with Crippen molar-refractivity contribution in [2.24, 2.45) is 28.9 Å². The van der Waals surface area contributed by atoms with E-state index in [0.29, 0.717) is 36.8 Å². The van der Waals surface area contributed by atoms with Crippen molar-refractivity contribution in [3.8, 4) is 0 Å². The summed E-state index contributed by atoms with van der Waals surface area (Å²) in [6.45, 7) is 11.9. The van der Waals surface area contributed by atoms with Crippen LogP contribution in [0.15, 0.2) is 36.7 Å². The van der Waals surface area contributed by atoms with Gasteiger partial charge in [-0.1, -0.05) is 12.1 Å². The predicted molar refractivity (Wildman–Crippen MR) is 164 cm³/mol. The summed E-state index contributed by atoms with van der Waals surface area (Å²) < 4.78 is 0. The van der Waals surface area contributed by atoms with E-state index in [1.807, 2.05) is 41.6 Å². The number of hydrogen-bond acceptors (Lipinski definition) is 7. The molecule has 224 valence electrons. The van der Waals surface area contributed by atoms with Crippen LogP contribution in [0.5, 0.6) is 0 Å². The minimum Gasteiger partial charge on any atom is -0.369 e. The van der Waals surface area contributed by atoms with E-state index in [-0.39, 0.29) is 28.9 Å². The Labute approximate surface area is 248 Å². The fourth-order valence-electron chi connectivity index (χ4n) is 8.82. The Morgan fingerprint density at radius 1 is 0.905 bits per heavy atom. The lowest BCUT2D eigenvalue weighted by atomic mass is 9.47. The number of nitrogens with two attached hydrogens (primary N) is 1. The average Bonchev–Trinajstić information content (AvgIpc) is 2.97. The Morgan fingerprint density at radius 3 is 2.17 bits per heavy atom. The lowest BCUT2D eigenvalue weighted by Gasteiger charge is -2.59. The number of anilines is 4. The summed E-state index contributed by atoms with van der Waals surface area (Å²) in [5.74, 6) is 1.72. The van der Waals surface area contributed by atoms with Crippen molar-refractivity contribution < 1.29 is 9.59 Å². The summed E-state index contributed by atoms with van der Waals surface area (Å²) in [6, 6.07) is 8.06. The fourth-order valence-corrected chi connectivity index (χ4v) is 8.82. The van der Waals surface area contributed by atoms with Crippen molar-refractivity contribution in [1.29, 1.82) is 0 Å². The molecule has 2 aromatic rings. The molecule has 3 unspecified atom stereocenters. The summed E-state index contributed by atoms with van der Waals surface area (Å²) in [5.41, 5.74) is 8.56. The van der Waals surface area contributed by atoms with Gasteiger partial charge in [-0.2, -0.15) is 0 Å².